The zero-order valence-electron chi connectivity index (χ0n) is 27.9. The van der Waals surface area contributed by atoms with Crippen LogP contribution in [-0.4, -0.2) is 0 Å². The lowest BCUT2D eigenvalue weighted by atomic mass is 9.77. The van der Waals surface area contributed by atoms with Gasteiger partial charge in [0, 0.05) is 0 Å². The molecular formula is C44H42. The Labute approximate surface area is 261 Å². The van der Waals surface area contributed by atoms with Crippen molar-refractivity contribution in [1.82, 2.24) is 0 Å². The van der Waals surface area contributed by atoms with E-state index in [4.69, 9.17) is 0 Å². The van der Waals surface area contributed by atoms with Gasteiger partial charge in [-0.25, -0.2) is 0 Å². The molecule has 0 radical (unpaired) electrons. The average Bonchev–Trinajstić information content (AvgIpc) is 2.93. The second-order valence-electron chi connectivity index (χ2n) is 15.7. The molecule has 0 nitrogen and oxygen atoms in total. The van der Waals surface area contributed by atoms with Gasteiger partial charge in [-0.3, -0.25) is 0 Å². The van der Waals surface area contributed by atoms with E-state index in [1.54, 1.807) is 0 Å². The van der Waals surface area contributed by atoms with Gasteiger partial charge in [-0.1, -0.05) is 101 Å². The first-order valence-corrected chi connectivity index (χ1v) is 16.2. The Morgan fingerprint density at radius 2 is 0.682 bits per heavy atom. The summed E-state index contributed by atoms with van der Waals surface area (Å²) in [5.41, 5.74) is 8.17. The molecule has 0 aliphatic carbocycles. The first-order chi connectivity index (χ1) is 20.7. The second-order valence-corrected chi connectivity index (χ2v) is 15.7. The van der Waals surface area contributed by atoms with Gasteiger partial charge in [0.05, 0.1) is 0 Å². The van der Waals surface area contributed by atoms with E-state index in [0.717, 1.165) is 0 Å². The van der Waals surface area contributed by atoms with Crippen LogP contribution >= 0.6 is 0 Å². The van der Waals surface area contributed by atoms with Gasteiger partial charge in [-0.15, -0.1) is 0 Å². The van der Waals surface area contributed by atoms with E-state index in [-0.39, 0.29) is 10.8 Å². The van der Waals surface area contributed by atoms with Gasteiger partial charge in [-0.05, 0) is 160 Å². The molecule has 0 heteroatoms. The van der Waals surface area contributed by atoms with Crippen molar-refractivity contribution in [2.75, 3.05) is 0 Å². The van der Waals surface area contributed by atoms with Gasteiger partial charge < -0.3 is 0 Å². The summed E-state index contributed by atoms with van der Waals surface area (Å²) < 4.78 is 0. The fourth-order valence-corrected chi connectivity index (χ4v) is 8.25. The summed E-state index contributed by atoms with van der Waals surface area (Å²) in [7, 11) is 0. The lowest BCUT2D eigenvalue weighted by molar-refractivity contribution is 0.591. The molecule has 0 fully saturated rings. The molecule has 0 aliphatic rings. The van der Waals surface area contributed by atoms with Crippen LogP contribution in [-0.2, 0) is 10.8 Å². The van der Waals surface area contributed by atoms with Crippen molar-refractivity contribution >= 4 is 75.4 Å². The van der Waals surface area contributed by atoms with E-state index in [1.807, 2.05) is 0 Å². The molecule has 0 aromatic heterocycles. The van der Waals surface area contributed by atoms with Crippen LogP contribution in [0.25, 0.3) is 75.4 Å². The Bertz CT molecular complexity index is 2340. The Balaban J connectivity index is 1.80. The third kappa shape index (κ3) is 3.70. The van der Waals surface area contributed by atoms with E-state index in [1.165, 1.54) is 109 Å². The number of benzene rings is 8. The molecule has 8 aromatic rings. The predicted molar refractivity (Wildman–Crippen MR) is 197 cm³/mol. The summed E-state index contributed by atoms with van der Waals surface area (Å²) >= 11 is 0. The van der Waals surface area contributed by atoms with Gasteiger partial charge in [-0.2, -0.15) is 0 Å². The normalized spacial score (nSPS) is 13.2. The third-order valence-corrected chi connectivity index (χ3v) is 10.3. The smallest absolute Gasteiger partial charge is 0.00134 e. The van der Waals surface area contributed by atoms with Crippen LogP contribution in [0.3, 0.4) is 0 Å². The molecular weight excluding hydrogens is 528 g/mol. The highest BCUT2D eigenvalue weighted by Gasteiger charge is 2.26. The van der Waals surface area contributed by atoms with Crippen LogP contribution < -0.4 is 0 Å². The maximum atomic E-state index is 2.53. The van der Waals surface area contributed by atoms with Crippen molar-refractivity contribution in [2.45, 2.75) is 80.1 Å². The Hall–Kier alpha value is -4.16. The summed E-state index contributed by atoms with van der Waals surface area (Å²) in [5, 5.41) is 19.4. The van der Waals surface area contributed by atoms with Crippen molar-refractivity contribution in [3.63, 3.8) is 0 Å². The number of hydrogen-bond acceptors (Lipinski definition) is 0. The quantitative estimate of drug-likeness (QED) is 0.126. The highest BCUT2D eigenvalue weighted by Crippen LogP contribution is 2.50. The Morgan fingerprint density at radius 3 is 1.05 bits per heavy atom. The summed E-state index contributed by atoms with van der Waals surface area (Å²) in [6, 6.07) is 29.1. The van der Waals surface area contributed by atoms with E-state index in [9.17, 15) is 0 Å². The third-order valence-electron chi connectivity index (χ3n) is 10.3. The molecule has 0 unspecified atom stereocenters. The van der Waals surface area contributed by atoms with Gasteiger partial charge in [0.15, 0.2) is 0 Å². The number of fused-ring (bicyclic) bond motifs is 10. The zero-order chi connectivity index (χ0) is 31.0. The maximum Gasteiger partial charge on any atom is -0.00134 e. The molecule has 0 saturated heterocycles. The summed E-state index contributed by atoms with van der Waals surface area (Å²) in [4.78, 5) is 0. The first kappa shape index (κ1) is 27.4. The van der Waals surface area contributed by atoms with Gasteiger partial charge in [0.1, 0.15) is 0 Å². The molecule has 0 heterocycles. The summed E-state index contributed by atoms with van der Waals surface area (Å²) in [6.45, 7) is 23.2. The summed E-state index contributed by atoms with van der Waals surface area (Å²) in [6.07, 6.45) is 0. The number of rotatable bonds is 0. The predicted octanol–water partition coefficient (Wildman–Crippen LogP) is 13.0. The topological polar surface area (TPSA) is 0 Å². The van der Waals surface area contributed by atoms with Crippen molar-refractivity contribution in [2.24, 2.45) is 0 Å². The van der Waals surface area contributed by atoms with Crippen LogP contribution in [0.5, 0.6) is 0 Å². The lowest BCUT2D eigenvalue weighted by Gasteiger charge is -2.27. The zero-order valence-corrected chi connectivity index (χ0v) is 27.9. The minimum absolute atomic E-state index is 0.0165. The first-order valence-electron chi connectivity index (χ1n) is 16.2. The fourth-order valence-electron chi connectivity index (χ4n) is 8.25. The molecule has 0 amide bonds. The van der Waals surface area contributed by atoms with Crippen LogP contribution in [0.1, 0.15) is 74.9 Å². The monoisotopic (exact) mass is 570 g/mol. The van der Waals surface area contributed by atoms with Gasteiger partial charge in [0.25, 0.3) is 0 Å². The standard InChI is InChI=1S/C44H42/c1-23-15-25(3)37-27(17-23)11-13-31-33-19-30(44(8,9)10)22-36-40-32(14-12-28-18-24(2)16-26(4)38(28)40)34-20-29(43(5,6)7)21-35(39(31)37)41(34)42(33)36/h11-22H,1-10H3. The lowest BCUT2D eigenvalue weighted by Crippen LogP contribution is -2.12. The molecule has 0 spiro atoms. The Morgan fingerprint density at radius 1 is 0.341 bits per heavy atom. The second kappa shape index (κ2) is 8.72. The van der Waals surface area contributed by atoms with Gasteiger partial charge in [0.2, 0.25) is 0 Å². The van der Waals surface area contributed by atoms with E-state index in [2.05, 4.69) is 142 Å². The highest BCUT2D eigenvalue weighted by molar-refractivity contribution is 6.44. The molecule has 44 heavy (non-hydrogen) atoms. The van der Waals surface area contributed by atoms with Crippen LogP contribution in [0.2, 0.25) is 0 Å². The van der Waals surface area contributed by atoms with Crippen LogP contribution in [0.15, 0.2) is 72.8 Å². The van der Waals surface area contributed by atoms with E-state index >= 15 is 0 Å². The molecule has 218 valence electrons. The van der Waals surface area contributed by atoms with E-state index < -0.39 is 0 Å². The van der Waals surface area contributed by atoms with Crippen LogP contribution in [0.4, 0.5) is 0 Å². The molecule has 0 saturated carbocycles. The van der Waals surface area contributed by atoms with Crippen molar-refractivity contribution in [3.8, 4) is 0 Å². The Kier molecular flexibility index (Phi) is 5.43. The molecule has 8 aromatic carbocycles. The number of aryl methyl sites for hydroxylation is 4. The highest BCUT2D eigenvalue weighted by atomic mass is 14.3. The molecule has 0 aliphatic heterocycles. The molecule has 8 rings (SSSR count). The number of hydrogen-bond donors (Lipinski definition) is 0. The maximum absolute atomic E-state index is 2.53. The minimum atomic E-state index is 0.0165. The molecule has 0 N–H and O–H groups in total. The van der Waals surface area contributed by atoms with Crippen molar-refractivity contribution < 1.29 is 0 Å². The van der Waals surface area contributed by atoms with E-state index in [0.29, 0.717) is 0 Å². The minimum Gasteiger partial charge on any atom is -0.0561 e. The van der Waals surface area contributed by atoms with Gasteiger partial charge >= 0.3 is 0 Å². The SMILES string of the molecule is Cc1cc(C)c2c(ccc3c4cc(C(C)(C)C)cc5c6c(ccc7cc(C)cc(C)c76)c6cc(C(C)(C)C)cc(c32)c6c45)c1. The molecule has 0 bridgehead atoms. The van der Waals surface area contributed by atoms with Crippen molar-refractivity contribution in [1.29, 1.82) is 0 Å². The summed E-state index contributed by atoms with van der Waals surface area (Å²) in [5.74, 6) is 0. The fraction of sp³-hybridized carbons (Fsp3) is 0.273. The van der Waals surface area contributed by atoms with Crippen molar-refractivity contribution in [3.05, 3.63) is 106 Å². The molecule has 0 atom stereocenters. The average molecular weight is 571 g/mol. The van der Waals surface area contributed by atoms with Crippen LogP contribution in [0, 0.1) is 27.7 Å². The largest absolute Gasteiger partial charge is 0.0561 e.